The van der Waals surface area contributed by atoms with Crippen LogP contribution in [-0.2, 0) is 17.9 Å². The smallest absolute Gasteiger partial charge is 0.222 e. The summed E-state index contributed by atoms with van der Waals surface area (Å²) in [5.41, 5.74) is 6.28. The molecule has 94 valence electrons. The second-order valence-corrected chi connectivity index (χ2v) is 4.37. The van der Waals surface area contributed by atoms with Gasteiger partial charge in [-0.15, -0.1) is 5.10 Å². The van der Waals surface area contributed by atoms with Crippen molar-refractivity contribution in [2.45, 2.75) is 45.3 Å². The van der Waals surface area contributed by atoms with Crippen molar-refractivity contribution in [3.63, 3.8) is 0 Å². The zero-order valence-corrected chi connectivity index (χ0v) is 10.2. The van der Waals surface area contributed by atoms with Crippen LogP contribution in [0.1, 0.15) is 31.9 Å². The van der Waals surface area contributed by atoms with Gasteiger partial charge in [-0.1, -0.05) is 12.1 Å². The fraction of sp³-hybridized carbons (Fsp3) is 0.727. The summed E-state index contributed by atoms with van der Waals surface area (Å²) >= 11 is 0. The maximum Gasteiger partial charge on any atom is 0.222 e. The summed E-state index contributed by atoms with van der Waals surface area (Å²) < 4.78 is 1.79. The average molecular weight is 237 g/mol. The molecule has 17 heavy (non-hydrogen) atoms. The highest BCUT2D eigenvalue weighted by atomic mass is 16.2. The molecule has 1 aromatic heterocycles. The van der Waals surface area contributed by atoms with Gasteiger partial charge in [0.05, 0.1) is 18.3 Å². The van der Waals surface area contributed by atoms with E-state index in [0.29, 0.717) is 13.0 Å². The fourth-order valence-corrected chi connectivity index (χ4v) is 2.29. The largest absolute Gasteiger partial charge is 0.338 e. The van der Waals surface area contributed by atoms with E-state index in [1.807, 2.05) is 18.0 Å². The van der Waals surface area contributed by atoms with Gasteiger partial charge in [-0.25, -0.2) is 0 Å². The van der Waals surface area contributed by atoms with Crippen LogP contribution in [0.15, 0.2) is 6.20 Å². The predicted molar refractivity (Wildman–Crippen MR) is 62.9 cm³/mol. The topological polar surface area (TPSA) is 77.0 Å². The van der Waals surface area contributed by atoms with E-state index in [0.717, 1.165) is 31.6 Å². The average Bonchev–Trinajstić information content (AvgIpc) is 2.97. The van der Waals surface area contributed by atoms with E-state index in [-0.39, 0.29) is 11.9 Å². The molecule has 0 aromatic carbocycles. The molecule has 1 amide bonds. The Bertz CT molecular complexity index is 389. The Morgan fingerprint density at radius 1 is 1.65 bits per heavy atom. The van der Waals surface area contributed by atoms with E-state index < -0.39 is 0 Å². The Kier molecular flexibility index (Phi) is 3.73. The first-order valence-electron chi connectivity index (χ1n) is 6.13. The molecule has 1 aromatic rings. The Balaban J connectivity index is 2.00. The summed E-state index contributed by atoms with van der Waals surface area (Å²) in [5.74, 6) is 0.228. The second-order valence-electron chi connectivity index (χ2n) is 4.37. The van der Waals surface area contributed by atoms with Gasteiger partial charge in [0.25, 0.3) is 0 Å². The van der Waals surface area contributed by atoms with Gasteiger partial charge < -0.3 is 10.6 Å². The number of likely N-dealkylation sites (tertiary alicyclic amines) is 1. The summed E-state index contributed by atoms with van der Waals surface area (Å²) in [7, 11) is 0. The lowest BCUT2D eigenvalue weighted by atomic mass is 10.2. The molecule has 1 fully saturated rings. The minimum absolute atomic E-state index is 0.228. The van der Waals surface area contributed by atoms with E-state index in [1.54, 1.807) is 4.68 Å². The molecule has 6 nitrogen and oxygen atoms in total. The predicted octanol–water partition coefficient (Wildman–Crippen LogP) is 0.138. The maximum absolute atomic E-state index is 11.7. The van der Waals surface area contributed by atoms with Crippen LogP contribution >= 0.6 is 0 Å². The van der Waals surface area contributed by atoms with Crippen LogP contribution in [0.3, 0.4) is 0 Å². The molecule has 6 heteroatoms. The van der Waals surface area contributed by atoms with Gasteiger partial charge in [-0.3, -0.25) is 9.48 Å². The van der Waals surface area contributed by atoms with Gasteiger partial charge in [0.2, 0.25) is 5.91 Å². The monoisotopic (exact) mass is 237 g/mol. The molecule has 0 spiro atoms. The molecule has 1 unspecified atom stereocenters. The van der Waals surface area contributed by atoms with Crippen molar-refractivity contribution in [3.8, 4) is 0 Å². The zero-order valence-electron chi connectivity index (χ0n) is 10.2. The number of carbonyl (C=O) groups is 1. The van der Waals surface area contributed by atoms with E-state index in [1.165, 1.54) is 0 Å². The van der Waals surface area contributed by atoms with E-state index in [2.05, 4.69) is 10.3 Å². The molecule has 0 bridgehead atoms. The first kappa shape index (κ1) is 12.0. The van der Waals surface area contributed by atoms with Gasteiger partial charge in [0, 0.05) is 25.7 Å². The number of nitrogens with two attached hydrogens (primary N) is 1. The summed E-state index contributed by atoms with van der Waals surface area (Å²) in [5, 5.41) is 7.97. The number of carbonyl (C=O) groups excluding carboxylic acids is 1. The van der Waals surface area contributed by atoms with Crippen LogP contribution in [0.5, 0.6) is 0 Å². The fourth-order valence-electron chi connectivity index (χ4n) is 2.29. The number of hydrogen-bond donors (Lipinski definition) is 1. The van der Waals surface area contributed by atoms with Gasteiger partial charge >= 0.3 is 0 Å². The van der Waals surface area contributed by atoms with E-state index >= 15 is 0 Å². The van der Waals surface area contributed by atoms with Gasteiger partial charge in [-0.2, -0.15) is 0 Å². The summed E-state index contributed by atoms with van der Waals surface area (Å²) in [6.07, 6.45) is 4.55. The Labute approximate surface area is 101 Å². The van der Waals surface area contributed by atoms with Gasteiger partial charge in [0.15, 0.2) is 0 Å². The molecule has 0 saturated carbocycles. The van der Waals surface area contributed by atoms with Gasteiger partial charge in [-0.05, 0) is 12.8 Å². The molecular formula is C11H19N5O. The highest BCUT2D eigenvalue weighted by Crippen LogP contribution is 2.19. The lowest BCUT2D eigenvalue weighted by Crippen LogP contribution is -2.37. The number of hydrogen-bond acceptors (Lipinski definition) is 4. The van der Waals surface area contributed by atoms with Crippen LogP contribution in [0.2, 0.25) is 0 Å². The third-order valence-electron chi connectivity index (χ3n) is 3.19. The van der Waals surface area contributed by atoms with Crippen molar-refractivity contribution in [3.05, 3.63) is 11.9 Å². The van der Waals surface area contributed by atoms with Gasteiger partial charge in [0.1, 0.15) is 0 Å². The molecule has 2 heterocycles. The summed E-state index contributed by atoms with van der Waals surface area (Å²) in [4.78, 5) is 13.7. The molecule has 1 saturated heterocycles. The number of aromatic nitrogens is 3. The van der Waals surface area contributed by atoms with Crippen molar-refractivity contribution in [1.82, 2.24) is 19.9 Å². The van der Waals surface area contributed by atoms with E-state index in [4.69, 9.17) is 5.73 Å². The SMILES string of the molecule is CCC(=O)N1CCCC1Cn1cc(CN)nn1. The van der Waals surface area contributed by atoms with Crippen LogP contribution < -0.4 is 5.73 Å². The standard InChI is InChI=1S/C11H19N5O/c1-2-11(17)16-5-3-4-10(16)8-15-7-9(6-12)13-14-15/h7,10H,2-6,8,12H2,1H3. The third-order valence-corrected chi connectivity index (χ3v) is 3.19. The minimum atomic E-state index is 0.228. The Hall–Kier alpha value is -1.43. The molecule has 1 aliphatic heterocycles. The highest BCUT2D eigenvalue weighted by Gasteiger charge is 2.28. The third kappa shape index (κ3) is 2.63. The first-order chi connectivity index (χ1) is 8.24. The van der Waals surface area contributed by atoms with Crippen LogP contribution in [-0.4, -0.2) is 38.4 Å². The summed E-state index contributed by atoms with van der Waals surface area (Å²) in [6.45, 7) is 3.90. The van der Waals surface area contributed by atoms with Crippen LogP contribution in [0, 0.1) is 0 Å². The molecular weight excluding hydrogens is 218 g/mol. The normalized spacial score (nSPS) is 19.9. The molecule has 0 radical (unpaired) electrons. The van der Waals surface area contributed by atoms with Crippen molar-refractivity contribution in [1.29, 1.82) is 0 Å². The molecule has 2 rings (SSSR count). The van der Waals surface area contributed by atoms with Crippen molar-refractivity contribution < 1.29 is 4.79 Å². The maximum atomic E-state index is 11.7. The molecule has 2 N–H and O–H groups in total. The Morgan fingerprint density at radius 3 is 3.12 bits per heavy atom. The second kappa shape index (κ2) is 5.27. The number of amides is 1. The lowest BCUT2D eigenvalue weighted by Gasteiger charge is -2.23. The Morgan fingerprint density at radius 2 is 2.47 bits per heavy atom. The van der Waals surface area contributed by atoms with E-state index in [9.17, 15) is 4.79 Å². The molecule has 0 aliphatic carbocycles. The van der Waals surface area contributed by atoms with Crippen molar-refractivity contribution >= 4 is 5.91 Å². The molecule has 1 aliphatic rings. The lowest BCUT2D eigenvalue weighted by molar-refractivity contribution is -0.131. The first-order valence-corrected chi connectivity index (χ1v) is 6.13. The van der Waals surface area contributed by atoms with Crippen LogP contribution in [0.25, 0.3) is 0 Å². The number of nitrogens with zero attached hydrogens (tertiary/aromatic N) is 4. The van der Waals surface area contributed by atoms with Crippen LogP contribution in [0.4, 0.5) is 0 Å². The van der Waals surface area contributed by atoms with Crippen molar-refractivity contribution in [2.24, 2.45) is 5.73 Å². The summed E-state index contributed by atoms with van der Waals surface area (Å²) in [6, 6.07) is 0.259. The minimum Gasteiger partial charge on any atom is -0.338 e. The van der Waals surface area contributed by atoms with Crippen molar-refractivity contribution in [2.75, 3.05) is 6.54 Å². The highest BCUT2D eigenvalue weighted by molar-refractivity contribution is 5.76. The number of rotatable bonds is 4. The quantitative estimate of drug-likeness (QED) is 0.808. The zero-order chi connectivity index (χ0) is 12.3. The molecule has 1 atom stereocenters.